The van der Waals surface area contributed by atoms with Gasteiger partial charge in [-0.1, -0.05) is 6.92 Å². The van der Waals surface area contributed by atoms with Crippen molar-refractivity contribution in [3.05, 3.63) is 5.82 Å². The van der Waals surface area contributed by atoms with E-state index in [9.17, 15) is 13.2 Å². The van der Waals surface area contributed by atoms with Crippen LogP contribution in [0.3, 0.4) is 0 Å². The Balaban J connectivity index is 2.02. The van der Waals surface area contributed by atoms with Crippen molar-refractivity contribution in [1.29, 1.82) is 0 Å². The van der Waals surface area contributed by atoms with Crippen LogP contribution in [0.15, 0.2) is 0 Å². The molecule has 0 aliphatic carbocycles. The molecule has 0 spiro atoms. The molecule has 8 heteroatoms. The first-order valence-corrected chi connectivity index (χ1v) is 5.84. The maximum atomic E-state index is 12.2. The van der Waals surface area contributed by atoms with Crippen molar-refractivity contribution in [2.75, 3.05) is 18.0 Å². The van der Waals surface area contributed by atoms with Crippen LogP contribution >= 0.6 is 0 Å². The number of nitrogens with one attached hydrogen (secondary N) is 1. The first kappa shape index (κ1) is 13.1. The van der Waals surface area contributed by atoms with Crippen molar-refractivity contribution in [2.45, 2.75) is 32.0 Å². The lowest BCUT2D eigenvalue weighted by Gasteiger charge is -2.34. The van der Waals surface area contributed by atoms with Gasteiger partial charge < -0.3 is 10.6 Å². The number of alkyl halides is 3. The molecule has 18 heavy (non-hydrogen) atoms. The smallest absolute Gasteiger partial charge is 0.338 e. The zero-order chi connectivity index (χ0) is 13.3. The molecule has 2 atom stereocenters. The lowest BCUT2D eigenvalue weighted by atomic mass is 9.95. The van der Waals surface area contributed by atoms with Crippen LogP contribution in [0.5, 0.6) is 0 Å². The van der Waals surface area contributed by atoms with Crippen molar-refractivity contribution in [3.8, 4) is 0 Å². The van der Waals surface area contributed by atoms with Gasteiger partial charge in [-0.15, -0.1) is 5.10 Å². The Hall–Kier alpha value is -1.31. The maximum absolute atomic E-state index is 12.2. The second-order valence-electron chi connectivity index (χ2n) is 4.75. The quantitative estimate of drug-likeness (QED) is 0.837. The van der Waals surface area contributed by atoms with Crippen LogP contribution < -0.4 is 10.6 Å². The Morgan fingerprint density at radius 2 is 2.22 bits per heavy atom. The summed E-state index contributed by atoms with van der Waals surface area (Å²) in [5, 5.41) is 6.14. The van der Waals surface area contributed by atoms with Gasteiger partial charge in [-0.05, 0) is 12.3 Å². The zero-order valence-electron chi connectivity index (χ0n) is 10.0. The minimum Gasteiger partial charge on any atom is -0.338 e. The summed E-state index contributed by atoms with van der Waals surface area (Å²) in [6.45, 7) is 3.36. The van der Waals surface area contributed by atoms with Crippen molar-refractivity contribution in [1.82, 2.24) is 15.2 Å². The summed E-state index contributed by atoms with van der Waals surface area (Å²) in [4.78, 5) is 5.68. The second-order valence-corrected chi connectivity index (χ2v) is 4.75. The normalized spacial score (nSPS) is 25.5. The molecule has 0 saturated carbocycles. The highest BCUT2D eigenvalue weighted by atomic mass is 19.4. The fourth-order valence-electron chi connectivity index (χ4n) is 1.98. The summed E-state index contributed by atoms with van der Waals surface area (Å²) >= 11 is 0. The van der Waals surface area contributed by atoms with Crippen LogP contribution in [-0.2, 0) is 6.42 Å². The third-order valence-electron chi connectivity index (χ3n) is 3.19. The molecule has 0 amide bonds. The average molecular weight is 263 g/mol. The fourth-order valence-corrected chi connectivity index (χ4v) is 1.98. The molecule has 102 valence electrons. The lowest BCUT2D eigenvalue weighted by molar-refractivity contribution is -0.128. The second kappa shape index (κ2) is 4.75. The largest absolute Gasteiger partial charge is 0.396 e. The van der Waals surface area contributed by atoms with E-state index in [1.807, 2.05) is 4.90 Å². The summed E-state index contributed by atoms with van der Waals surface area (Å²) in [7, 11) is 0. The van der Waals surface area contributed by atoms with Crippen LogP contribution in [0, 0.1) is 5.92 Å². The van der Waals surface area contributed by atoms with E-state index in [0.717, 1.165) is 13.0 Å². The number of H-pyrrole nitrogens is 1. The minimum atomic E-state index is -4.27. The molecule has 2 unspecified atom stereocenters. The molecule has 5 nitrogen and oxygen atoms in total. The molecule has 1 aromatic heterocycles. The first-order chi connectivity index (χ1) is 8.35. The Bertz CT molecular complexity index is 402. The molecule has 3 N–H and O–H groups in total. The molecular weight excluding hydrogens is 247 g/mol. The van der Waals surface area contributed by atoms with Gasteiger partial charge in [-0.25, -0.2) is 0 Å². The number of hydrogen-bond donors (Lipinski definition) is 2. The third kappa shape index (κ3) is 3.12. The molecule has 0 bridgehead atoms. The van der Waals surface area contributed by atoms with Gasteiger partial charge in [-0.2, -0.15) is 18.2 Å². The topological polar surface area (TPSA) is 70.8 Å². The number of rotatable bonds is 2. The van der Waals surface area contributed by atoms with Crippen LogP contribution in [0.4, 0.5) is 19.1 Å². The van der Waals surface area contributed by atoms with Crippen molar-refractivity contribution < 1.29 is 13.2 Å². The molecule has 1 fully saturated rings. The summed E-state index contributed by atoms with van der Waals surface area (Å²) in [5.74, 6) is 0.552. The number of hydrogen-bond acceptors (Lipinski definition) is 4. The highest BCUT2D eigenvalue weighted by Gasteiger charge is 2.31. The van der Waals surface area contributed by atoms with Gasteiger partial charge in [0.25, 0.3) is 0 Å². The average Bonchev–Trinajstić information content (AvgIpc) is 2.68. The third-order valence-corrected chi connectivity index (χ3v) is 3.19. The fraction of sp³-hybridized carbons (Fsp3) is 0.800. The van der Waals surface area contributed by atoms with Crippen molar-refractivity contribution in [2.24, 2.45) is 11.7 Å². The molecular formula is C10H16F3N5. The van der Waals surface area contributed by atoms with Gasteiger partial charge in [0.15, 0.2) is 0 Å². The van der Waals surface area contributed by atoms with Crippen LogP contribution in [0.1, 0.15) is 19.2 Å². The Labute approximate surface area is 103 Å². The highest BCUT2D eigenvalue weighted by Crippen LogP contribution is 2.22. The highest BCUT2D eigenvalue weighted by molar-refractivity contribution is 5.30. The van der Waals surface area contributed by atoms with E-state index in [1.165, 1.54) is 0 Å². The SMILES string of the molecule is CC1CCN(c2n[nH]c(CC(F)(F)F)n2)CC1N. The molecule has 1 aliphatic rings. The van der Waals surface area contributed by atoms with Crippen LogP contribution in [0.25, 0.3) is 0 Å². The molecule has 2 rings (SSSR count). The van der Waals surface area contributed by atoms with E-state index in [-0.39, 0.29) is 11.9 Å². The van der Waals surface area contributed by atoms with Gasteiger partial charge in [0.1, 0.15) is 12.2 Å². The van der Waals surface area contributed by atoms with E-state index in [2.05, 4.69) is 22.1 Å². The molecule has 1 saturated heterocycles. The molecule has 1 aliphatic heterocycles. The summed E-state index contributed by atoms with van der Waals surface area (Å²) in [5.41, 5.74) is 5.93. The van der Waals surface area contributed by atoms with Crippen LogP contribution in [0.2, 0.25) is 0 Å². The van der Waals surface area contributed by atoms with Gasteiger partial charge in [-0.3, -0.25) is 5.10 Å². The number of nitrogens with two attached hydrogens (primary N) is 1. The van der Waals surface area contributed by atoms with E-state index in [1.54, 1.807) is 0 Å². The number of piperidine rings is 1. The van der Waals surface area contributed by atoms with Gasteiger partial charge >= 0.3 is 6.18 Å². The molecule has 0 radical (unpaired) electrons. The summed E-state index contributed by atoms with van der Waals surface area (Å²) in [6.07, 6.45) is -4.47. The number of aromatic amines is 1. The predicted octanol–water partition coefficient (Wildman–Crippen LogP) is 1.08. The van der Waals surface area contributed by atoms with Gasteiger partial charge in [0.2, 0.25) is 5.95 Å². The number of halogens is 3. The van der Waals surface area contributed by atoms with Gasteiger partial charge in [0.05, 0.1) is 0 Å². The summed E-state index contributed by atoms with van der Waals surface area (Å²) in [6, 6.07) is 0.00307. The van der Waals surface area contributed by atoms with Crippen molar-refractivity contribution >= 4 is 5.95 Å². The van der Waals surface area contributed by atoms with E-state index >= 15 is 0 Å². The van der Waals surface area contributed by atoms with E-state index in [4.69, 9.17) is 5.73 Å². The number of anilines is 1. The standard InChI is InChI=1S/C10H16F3N5/c1-6-2-3-18(5-7(6)14)9-15-8(16-17-9)4-10(11,12)13/h6-7H,2-5,14H2,1H3,(H,15,16,17). The Kier molecular flexibility index (Phi) is 3.47. The molecule has 0 aromatic carbocycles. The monoisotopic (exact) mass is 263 g/mol. The Morgan fingerprint density at radius 3 is 2.83 bits per heavy atom. The maximum Gasteiger partial charge on any atom is 0.396 e. The van der Waals surface area contributed by atoms with Crippen molar-refractivity contribution in [3.63, 3.8) is 0 Å². The zero-order valence-corrected chi connectivity index (χ0v) is 10.0. The summed E-state index contributed by atoms with van der Waals surface area (Å²) < 4.78 is 36.6. The Morgan fingerprint density at radius 1 is 1.50 bits per heavy atom. The first-order valence-electron chi connectivity index (χ1n) is 5.84. The number of nitrogens with zero attached hydrogens (tertiary/aromatic N) is 3. The van der Waals surface area contributed by atoms with E-state index < -0.39 is 12.6 Å². The minimum absolute atomic E-state index is 0.00307. The predicted molar refractivity (Wildman–Crippen MR) is 60.1 cm³/mol. The van der Waals surface area contributed by atoms with Gasteiger partial charge in [0, 0.05) is 19.1 Å². The number of aromatic nitrogens is 3. The molecule has 2 heterocycles. The van der Waals surface area contributed by atoms with Crippen LogP contribution in [-0.4, -0.2) is 40.5 Å². The lowest BCUT2D eigenvalue weighted by Crippen LogP contribution is -2.48. The molecule has 1 aromatic rings. The van der Waals surface area contributed by atoms with E-state index in [0.29, 0.717) is 18.4 Å².